The van der Waals surface area contributed by atoms with Crippen molar-refractivity contribution in [3.63, 3.8) is 0 Å². The van der Waals surface area contributed by atoms with Gasteiger partial charge in [-0.05, 0) is 23.6 Å². The van der Waals surface area contributed by atoms with Gasteiger partial charge in [0.1, 0.15) is 0 Å². The van der Waals surface area contributed by atoms with Crippen molar-refractivity contribution in [3.8, 4) is 0 Å². The number of nitrogens with two attached hydrogens (primary N) is 1. The molecule has 3 nitrogen and oxygen atoms in total. The fraction of sp³-hybridized carbons (Fsp3) is 0.533. The molecule has 0 radical (unpaired) electrons. The summed E-state index contributed by atoms with van der Waals surface area (Å²) >= 11 is 0. The first-order valence-corrected chi connectivity index (χ1v) is 6.78. The van der Waals surface area contributed by atoms with Crippen LogP contribution in [0.1, 0.15) is 25.0 Å². The van der Waals surface area contributed by atoms with E-state index in [-0.39, 0.29) is 30.8 Å². The minimum absolute atomic E-state index is 0.0904. The average molecular weight is 302 g/mol. The normalized spacial score (nSPS) is 13.3. The first-order chi connectivity index (χ1) is 9.66. The van der Waals surface area contributed by atoms with Gasteiger partial charge in [0, 0.05) is 20.1 Å². The first-order valence-electron chi connectivity index (χ1n) is 6.78. The van der Waals surface area contributed by atoms with Crippen molar-refractivity contribution in [1.29, 1.82) is 0 Å². The van der Waals surface area contributed by atoms with Crippen LogP contribution in [-0.2, 0) is 17.5 Å². The maximum atomic E-state index is 12.5. The van der Waals surface area contributed by atoms with Crippen LogP contribution in [-0.4, -0.2) is 24.4 Å². The third kappa shape index (κ3) is 4.74. The fourth-order valence-electron chi connectivity index (χ4n) is 2.09. The molecule has 0 heterocycles. The number of rotatable bonds is 5. The maximum absolute atomic E-state index is 12.5. The number of hydrogen-bond donors (Lipinski definition) is 1. The van der Waals surface area contributed by atoms with Crippen LogP contribution in [0.5, 0.6) is 0 Å². The Morgan fingerprint density at radius 1 is 1.24 bits per heavy atom. The number of carbonyl (C=O) groups is 1. The van der Waals surface area contributed by atoms with Crippen LogP contribution in [0.4, 0.5) is 13.2 Å². The summed E-state index contributed by atoms with van der Waals surface area (Å²) in [6, 6.07) is 4.83. The zero-order chi connectivity index (χ0) is 16.2. The van der Waals surface area contributed by atoms with Crippen molar-refractivity contribution in [2.75, 3.05) is 13.6 Å². The quantitative estimate of drug-likeness (QED) is 0.909. The number of halogens is 3. The molecule has 0 aromatic heterocycles. The summed E-state index contributed by atoms with van der Waals surface area (Å²) in [7, 11) is 1.63. The fourth-order valence-corrected chi connectivity index (χ4v) is 2.09. The largest absolute Gasteiger partial charge is 0.416 e. The highest BCUT2D eigenvalue weighted by molar-refractivity contribution is 5.79. The predicted octanol–water partition coefficient (Wildman–Crippen LogP) is 2.89. The van der Waals surface area contributed by atoms with Gasteiger partial charge < -0.3 is 10.6 Å². The van der Waals surface area contributed by atoms with Gasteiger partial charge in [0.15, 0.2) is 0 Å². The lowest BCUT2D eigenvalue weighted by molar-refractivity contribution is -0.138. The molecule has 0 fully saturated rings. The summed E-state index contributed by atoms with van der Waals surface area (Å²) in [6.45, 7) is 4.36. The van der Waals surface area contributed by atoms with Crippen molar-refractivity contribution in [3.05, 3.63) is 35.4 Å². The van der Waals surface area contributed by atoms with Crippen molar-refractivity contribution in [2.45, 2.75) is 26.6 Å². The Kier molecular flexibility index (Phi) is 5.78. The van der Waals surface area contributed by atoms with E-state index in [4.69, 9.17) is 5.73 Å². The predicted molar refractivity (Wildman–Crippen MR) is 75.3 cm³/mol. The van der Waals surface area contributed by atoms with Crippen LogP contribution < -0.4 is 5.73 Å². The van der Waals surface area contributed by atoms with Gasteiger partial charge in [-0.1, -0.05) is 26.0 Å². The van der Waals surface area contributed by atoms with E-state index in [0.717, 1.165) is 12.1 Å². The van der Waals surface area contributed by atoms with Crippen molar-refractivity contribution in [1.82, 2.24) is 4.90 Å². The summed E-state index contributed by atoms with van der Waals surface area (Å²) in [6.07, 6.45) is -4.34. The smallest absolute Gasteiger partial charge is 0.341 e. The number of amides is 1. The highest BCUT2D eigenvalue weighted by atomic mass is 19.4. The highest BCUT2D eigenvalue weighted by Crippen LogP contribution is 2.29. The topological polar surface area (TPSA) is 46.3 Å². The average Bonchev–Trinajstić information content (AvgIpc) is 2.38. The Morgan fingerprint density at radius 2 is 1.76 bits per heavy atom. The summed E-state index contributed by atoms with van der Waals surface area (Å²) in [5.74, 6) is -0.241. The van der Waals surface area contributed by atoms with Gasteiger partial charge >= 0.3 is 6.18 Å². The second-order valence-corrected chi connectivity index (χ2v) is 5.48. The Balaban J connectivity index is 2.75. The molecule has 1 rings (SSSR count). The van der Waals surface area contributed by atoms with E-state index in [1.54, 1.807) is 7.05 Å². The van der Waals surface area contributed by atoms with Crippen LogP contribution >= 0.6 is 0 Å². The number of alkyl halides is 3. The van der Waals surface area contributed by atoms with Gasteiger partial charge in [0.05, 0.1) is 11.5 Å². The van der Waals surface area contributed by atoms with Crippen molar-refractivity contribution >= 4 is 5.91 Å². The minimum atomic E-state index is -4.34. The molecule has 0 spiro atoms. The second-order valence-electron chi connectivity index (χ2n) is 5.48. The summed E-state index contributed by atoms with van der Waals surface area (Å²) in [5.41, 5.74) is 5.56. The molecule has 6 heteroatoms. The summed E-state index contributed by atoms with van der Waals surface area (Å²) < 4.78 is 37.4. The van der Waals surface area contributed by atoms with E-state index < -0.39 is 11.7 Å². The number of nitrogens with zero attached hydrogens (tertiary/aromatic N) is 1. The van der Waals surface area contributed by atoms with E-state index in [1.165, 1.54) is 17.0 Å². The number of hydrogen-bond acceptors (Lipinski definition) is 2. The minimum Gasteiger partial charge on any atom is -0.341 e. The third-order valence-corrected chi connectivity index (χ3v) is 3.45. The van der Waals surface area contributed by atoms with Crippen LogP contribution in [0.3, 0.4) is 0 Å². The van der Waals surface area contributed by atoms with E-state index >= 15 is 0 Å². The molecule has 1 aromatic rings. The molecule has 0 aliphatic heterocycles. The molecule has 118 valence electrons. The maximum Gasteiger partial charge on any atom is 0.416 e. The SMILES string of the molecule is CC(C)C(CN)C(=O)N(C)Cc1ccc(C(F)(F)F)cc1. The Morgan fingerprint density at radius 3 is 2.14 bits per heavy atom. The molecule has 21 heavy (non-hydrogen) atoms. The molecule has 1 amide bonds. The molecule has 2 N–H and O–H groups in total. The van der Waals surface area contributed by atoms with Gasteiger partial charge in [0.2, 0.25) is 5.91 Å². The monoisotopic (exact) mass is 302 g/mol. The van der Waals surface area contributed by atoms with E-state index in [0.29, 0.717) is 5.56 Å². The zero-order valence-corrected chi connectivity index (χ0v) is 12.4. The second kappa shape index (κ2) is 6.93. The Hall–Kier alpha value is -1.56. The molecule has 0 saturated heterocycles. The first kappa shape index (κ1) is 17.5. The van der Waals surface area contributed by atoms with Crippen LogP contribution in [0.15, 0.2) is 24.3 Å². The van der Waals surface area contributed by atoms with Crippen molar-refractivity contribution < 1.29 is 18.0 Å². The Bertz CT molecular complexity index is 469. The highest BCUT2D eigenvalue weighted by Gasteiger charge is 2.30. The lowest BCUT2D eigenvalue weighted by Gasteiger charge is -2.25. The van der Waals surface area contributed by atoms with E-state index in [1.807, 2.05) is 13.8 Å². The van der Waals surface area contributed by atoms with Gasteiger partial charge in [0.25, 0.3) is 0 Å². The lowest BCUT2D eigenvalue weighted by Crippen LogP contribution is -2.38. The molecule has 1 aromatic carbocycles. The number of benzene rings is 1. The molecule has 1 atom stereocenters. The van der Waals surface area contributed by atoms with Gasteiger partial charge in [-0.2, -0.15) is 13.2 Å². The molecule has 0 saturated carbocycles. The van der Waals surface area contributed by atoms with E-state index in [9.17, 15) is 18.0 Å². The molecule has 0 aliphatic rings. The van der Waals surface area contributed by atoms with E-state index in [2.05, 4.69) is 0 Å². The molecular formula is C15H21F3N2O. The number of carbonyl (C=O) groups excluding carboxylic acids is 1. The van der Waals surface area contributed by atoms with Gasteiger partial charge in [-0.15, -0.1) is 0 Å². The lowest BCUT2D eigenvalue weighted by atomic mass is 9.94. The molecule has 1 unspecified atom stereocenters. The summed E-state index contributed by atoms with van der Waals surface area (Å²) in [5, 5.41) is 0. The summed E-state index contributed by atoms with van der Waals surface area (Å²) in [4.78, 5) is 13.7. The molecule has 0 aliphatic carbocycles. The van der Waals surface area contributed by atoms with Gasteiger partial charge in [-0.3, -0.25) is 4.79 Å². The Labute approximate surface area is 122 Å². The standard InChI is InChI=1S/C15H21F3N2O/c1-10(2)13(8-19)14(21)20(3)9-11-4-6-12(7-5-11)15(16,17)18/h4-7,10,13H,8-9,19H2,1-3H3. The molecule has 0 bridgehead atoms. The van der Waals surface area contributed by atoms with Crippen LogP contribution in [0.25, 0.3) is 0 Å². The van der Waals surface area contributed by atoms with Gasteiger partial charge in [-0.25, -0.2) is 0 Å². The molecular weight excluding hydrogens is 281 g/mol. The van der Waals surface area contributed by atoms with Crippen molar-refractivity contribution in [2.24, 2.45) is 17.6 Å². The zero-order valence-electron chi connectivity index (χ0n) is 12.4. The van der Waals surface area contributed by atoms with Crippen LogP contribution in [0, 0.1) is 11.8 Å². The third-order valence-electron chi connectivity index (χ3n) is 3.45. The van der Waals surface area contributed by atoms with Crippen LogP contribution in [0.2, 0.25) is 0 Å².